The van der Waals surface area contributed by atoms with Crippen molar-refractivity contribution in [1.29, 1.82) is 0 Å². The normalized spacial score (nSPS) is 10.8. The lowest BCUT2D eigenvalue weighted by atomic mass is 10.3. The third-order valence-corrected chi connectivity index (χ3v) is 11.6. The third kappa shape index (κ3) is 17.9. The Morgan fingerprint density at radius 3 is 0.690 bits per heavy atom. The topological polar surface area (TPSA) is 532 Å². The van der Waals surface area contributed by atoms with E-state index >= 15 is 0 Å². The summed E-state index contributed by atoms with van der Waals surface area (Å²) in [4.78, 5) is 147. The largest absolute Gasteiger partial charge is 0.382 e. The van der Waals surface area contributed by atoms with E-state index in [-0.39, 0.29) is 122 Å². The van der Waals surface area contributed by atoms with Crippen LogP contribution in [-0.4, -0.2) is 223 Å². The SMILES string of the molecule is CC(=O)CN(CCN)C(=O)Cn1cnc2c(N)ncnc21.CC(=O)CN(CCN)C(=O)Cn1cnc2c(N)ncnc21.CC(=O)CN(CCN)C(=O)Cn1cnc2c(N)ncnc21.CC(=O)CN(CCN)C(=O)Cn1cnc2c(N)ncnc21. The molecule has 0 bridgehead atoms. The molecule has 0 spiro atoms. The number of carbonyl (C=O) groups excluding carboxylic acids is 8. The molecule has 0 fully saturated rings. The van der Waals surface area contributed by atoms with Crippen molar-refractivity contribution in [3.8, 4) is 0 Å². The highest BCUT2D eigenvalue weighted by Gasteiger charge is 2.22. The fourth-order valence-corrected chi connectivity index (χ4v) is 7.91. The molecule has 8 rings (SSSR count). The molecule has 0 saturated carbocycles. The van der Waals surface area contributed by atoms with E-state index in [9.17, 15) is 38.4 Å². The Morgan fingerprint density at radius 2 is 0.524 bits per heavy atom. The molecule has 84 heavy (non-hydrogen) atoms. The monoisotopic (exact) mass is 1160 g/mol. The van der Waals surface area contributed by atoms with Crippen LogP contribution >= 0.6 is 0 Å². The fourth-order valence-electron chi connectivity index (χ4n) is 7.91. The van der Waals surface area contributed by atoms with Gasteiger partial charge in [-0.25, -0.2) is 59.8 Å². The summed E-state index contributed by atoms with van der Waals surface area (Å²) in [6.07, 6.45) is 11.1. The molecule has 0 radical (unpaired) electrons. The van der Waals surface area contributed by atoms with Crippen molar-refractivity contribution in [2.45, 2.75) is 53.9 Å². The minimum atomic E-state index is -0.230. The highest BCUT2D eigenvalue weighted by atomic mass is 16.2. The molecule has 0 aliphatic carbocycles. The van der Waals surface area contributed by atoms with Crippen molar-refractivity contribution in [2.24, 2.45) is 22.9 Å². The minimum Gasteiger partial charge on any atom is -0.382 e. The van der Waals surface area contributed by atoms with E-state index in [1.54, 1.807) is 18.3 Å². The molecule has 0 atom stereocenters. The molecule has 4 amide bonds. The lowest BCUT2D eigenvalue weighted by Gasteiger charge is -2.20. The number of hydrogen-bond donors (Lipinski definition) is 8. The van der Waals surface area contributed by atoms with Crippen LogP contribution < -0.4 is 45.9 Å². The molecular weight excluding hydrogens is 1100 g/mol. The molecule has 36 nitrogen and oxygen atoms in total. The maximum Gasteiger partial charge on any atom is 0.243 e. The van der Waals surface area contributed by atoms with Crippen LogP contribution in [0.4, 0.5) is 23.3 Å². The van der Waals surface area contributed by atoms with E-state index < -0.39 is 0 Å². The second-order valence-corrected chi connectivity index (χ2v) is 18.4. The Balaban J connectivity index is 0.000000205. The van der Waals surface area contributed by atoms with Crippen molar-refractivity contribution < 1.29 is 38.4 Å². The van der Waals surface area contributed by atoms with Gasteiger partial charge < -0.3 is 83.7 Å². The summed E-state index contributed by atoms with van der Waals surface area (Å²) in [6.45, 7) is 8.38. The highest BCUT2D eigenvalue weighted by Crippen LogP contribution is 2.18. The van der Waals surface area contributed by atoms with E-state index in [2.05, 4.69) is 59.8 Å². The average Bonchev–Trinajstić information content (AvgIpc) is 4.44. The van der Waals surface area contributed by atoms with Gasteiger partial charge in [-0.2, -0.15) is 0 Å². The van der Waals surface area contributed by atoms with Crippen molar-refractivity contribution in [3.63, 3.8) is 0 Å². The molecule has 0 aliphatic heterocycles. The lowest BCUT2D eigenvalue weighted by molar-refractivity contribution is -0.135. The molecule has 0 saturated heterocycles. The Hall–Kier alpha value is -10.2. The number of aromatic nitrogens is 16. The summed E-state index contributed by atoms with van der Waals surface area (Å²) >= 11 is 0. The summed E-state index contributed by atoms with van der Waals surface area (Å²) in [5.74, 6) is -0.279. The van der Waals surface area contributed by atoms with E-state index in [1.807, 2.05) is 0 Å². The van der Waals surface area contributed by atoms with Gasteiger partial charge in [-0.05, 0) is 27.7 Å². The van der Waals surface area contributed by atoms with Gasteiger partial charge in [0.1, 0.15) is 96.7 Å². The molecule has 8 aromatic rings. The van der Waals surface area contributed by atoms with Crippen LogP contribution in [0.15, 0.2) is 50.6 Å². The molecule has 0 unspecified atom stereocenters. The lowest BCUT2D eigenvalue weighted by Crippen LogP contribution is -2.40. The molecule has 16 N–H and O–H groups in total. The summed E-state index contributed by atoms with van der Waals surface area (Å²) in [6, 6.07) is 0. The van der Waals surface area contributed by atoms with Crippen LogP contribution in [0.5, 0.6) is 0 Å². The van der Waals surface area contributed by atoms with E-state index in [4.69, 9.17) is 45.9 Å². The molecule has 0 aliphatic rings. The number of ketones is 4. The number of Topliss-reactive ketones (excluding diaryl/α,β-unsaturated/α-hetero) is 4. The van der Waals surface area contributed by atoms with Crippen LogP contribution in [0, 0.1) is 0 Å². The maximum atomic E-state index is 12.3. The summed E-state index contributed by atoms with van der Waals surface area (Å²) in [7, 11) is 0. The molecule has 0 aromatic carbocycles. The molecule has 8 aromatic heterocycles. The van der Waals surface area contributed by atoms with Crippen molar-refractivity contribution in [1.82, 2.24) is 97.7 Å². The van der Waals surface area contributed by atoms with Crippen molar-refractivity contribution in [2.75, 3.05) is 101 Å². The zero-order valence-corrected chi connectivity index (χ0v) is 46.8. The number of fused-ring (bicyclic) bond motifs is 4. The molecule has 448 valence electrons. The van der Waals surface area contributed by atoms with Gasteiger partial charge in [-0.3, -0.25) is 38.4 Å². The van der Waals surface area contributed by atoms with Gasteiger partial charge in [0.05, 0.1) is 51.5 Å². The molecule has 8 heterocycles. The Labute approximate surface area is 478 Å². The average molecular weight is 1170 g/mol. The van der Waals surface area contributed by atoms with Gasteiger partial charge in [0.2, 0.25) is 23.6 Å². The molecular formula is C48H68N28O8. The van der Waals surface area contributed by atoms with E-state index in [0.29, 0.717) is 97.0 Å². The number of rotatable bonds is 24. The number of carbonyl (C=O) groups is 8. The van der Waals surface area contributed by atoms with Gasteiger partial charge in [-0.1, -0.05) is 0 Å². The van der Waals surface area contributed by atoms with Crippen LogP contribution in [0.3, 0.4) is 0 Å². The van der Waals surface area contributed by atoms with Gasteiger partial charge in [0.25, 0.3) is 0 Å². The summed E-state index contributed by atoms with van der Waals surface area (Å²) < 4.78 is 6.28. The van der Waals surface area contributed by atoms with Gasteiger partial charge in [0.15, 0.2) is 45.9 Å². The third-order valence-electron chi connectivity index (χ3n) is 11.6. The summed E-state index contributed by atoms with van der Waals surface area (Å²) in [5.41, 5.74) is 48.3. The smallest absolute Gasteiger partial charge is 0.243 e. The molecule has 36 heteroatoms. The predicted octanol–water partition coefficient (Wildman–Crippen LogP) is -4.86. The van der Waals surface area contributed by atoms with Crippen LogP contribution in [0.25, 0.3) is 44.7 Å². The second kappa shape index (κ2) is 31.1. The number of nitrogen functional groups attached to an aromatic ring is 4. The Morgan fingerprint density at radius 1 is 0.333 bits per heavy atom. The Bertz CT molecular complexity index is 3130. The van der Waals surface area contributed by atoms with E-state index in [0.717, 1.165) is 0 Å². The van der Waals surface area contributed by atoms with Crippen LogP contribution in [0.2, 0.25) is 0 Å². The number of amides is 4. The zero-order valence-electron chi connectivity index (χ0n) is 46.8. The predicted molar refractivity (Wildman–Crippen MR) is 304 cm³/mol. The van der Waals surface area contributed by atoms with Gasteiger partial charge in [-0.15, -0.1) is 0 Å². The van der Waals surface area contributed by atoms with Gasteiger partial charge >= 0.3 is 0 Å². The standard InChI is InChI=1S/4C12H17N7O2/c4*1-8(20)4-18(3-2-13)9(21)5-19-7-17-10-11(14)15-6-16-12(10)19/h4*6-7H,2-5,13H2,1H3,(H2,14,15,16). The number of imidazole rings is 4. The van der Waals surface area contributed by atoms with Crippen molar-refractivity contribution >= 4 is 115 Å². The van der Waals surface area contributed by atoms with Crippen LogP contribution in [0.1, 0.15) is 27.7 Å². The first-order valence-corrected chi connectivity index (χ1v) is 25.6. The fraction of sp³-hybridized carbons (Fsp3) is 0.417. The number of anilines is 4. The van der Waals surface area contributed by atoms with Gasteiger partial charge in [0, 0.05) is 52.4 Å². The number of nitrogens with two attached hydrogens (primary N) is 8. The summed E-state index contributed by atoms with van der Waals surface area (Å²) in [5, 5.41) is 0. The van der Waals surface area contributed by atoms with Crippen LogP contribution in [-0.2, 0) is 64.5 Å². The first-order valence-electron chi connectivity index (χ1n) is 25.6. The Kier molecular flexibility index (Phi) is 23.9. The van der Waals surface area contributed by atoms with Crippen molar-refractivity contribution in [3.05, 3.63) is 50.6 Å². The first-order chi connectivity index (χ1) is 40.1. The highest BCUT2D eigenvalue weighted by molar-refractivity contribution is 5.90. The second-order valence-electron chi connectivity index (χ2n) is 18.4. The number of nitrogens with zero attached hydrogens (tertiary/aromatic N) is 20. The maximum absolute atomic E-state index is 12.3. The quantitative estimate of drug-likeness (QED) is 0.0281. The number of hydrogen-bond acceptors (Lipinski definition) is 28. The zero-order chi connectivity index (χ0) is 61.6. The van der Waals surface area contributed by atoms with E-state index in [1.165, 1.54) is 97.9 Å². The minimum absolute atomic E-state index is 0.0141. The first kappa shape index (κ1) is 64.6.